The topological polar surface area (TPSA) is 88.3 Å². The van der Waals surface area contributed by atoms with Gasteiger partial charge in [0.1, 0.15) is 11.2 Å². The maximum atomic E-state index is 11.3. The number of nitrogens with one attached hydrogen (secondary N) is 1. The molecule has 7 heteroatoms. The zero-order valence-electron chi connectivity index (χ0n) is 12.7. The zero-order valence-corrected chi connectivity index (χ0v) is 13.5. The van der Waals surface area contributed by atoms with Gasteiger partial charge in [-0.25, -0.2) is 4.98 Å². The van der Waals surface area contributed by atoms with Crippen molar-refractivity contribution < 1.29 is 14.4 Å². The molecule has 0 saturated heterocycles. The van der Waals surface area contributed by atoms with Gasteiger partial charge >= 0.3 is 5.97 Å². The van der Waals surface area contributed by atoms with Crippen LogP contribution in [0, 0.1) is 13.8 Å². The average molecular weight is 309 g/mol. The number of thiazole rings is 1. The number of hydrogen-bond acceptors (Lipinski definition) is 6. The maximum absolute atomic E-state index is 11.3. The van der Waals surface area contributed by atoms with Crippen LogP contribution in [0.3, 0.4) is 0 Å². The molecule has 2 heterocycles. The lowest BCUT2D eigenvalue weighted by molar-refractivity contribution is -0.142. The van der Waals surface area contributed by atoms with Gasteiger partial charge in [-0.1, -0.05) is 5.16 Å². The molecule has 0 aliphatic heterocycles. The molecule has 1 unspecified atom stereocenters. The van der Waals surface area contributed by atoms with Gasteiger partial charge in [-0.3, -0.25) is 4.79 Å². The molecular formula is C14H19N3O3S. The highest BCUT2D eigenvalue weighted by molar-refractivity contribution is 7.13. The lowest BCUT2D eigenvalue weighted by Gasteiger charge is -2.16. The Hall–Kier alpha value is -1.89. The summed E-state index contributed by atoms with van der Waals surface area (Å²) in [6.07, 6.45) is 0. The Labute approximate surface area is 127 Å². The zero-order chi connectivity index (χ0) is 15.8. The van der Waals surface area contributed by atoms with E-state index in [9.17, 15) is 9.90 Å². The van der Waals surface area contributed by atoms with Crippen LogP contribution in [0.4, 0.5) is 5.13 Å². The van der Waals surface area contributed by atoms with E-state index < -0.39 is 11.4 Å². The van der Waals surface area contributed by atoms with Crippen molar-refractivity contribution >= 4 is 22.4 Å². The van der Waals surface area contributed by atoms with Gasteiger partial charge in [-0.2, -0.15) is 0 Å². The first-order valence-corrected chi connectivity index (χ1v) is 7.50. The average Bonchev–Trinajstić information content (AvgIpc) is 2.97. The van der Waals surface area contributed by atoms with E-state index in [0.717, 1.165) is 17.0 Å². The molecule has 21 heavy (non-hydrogen) atoms. The number of hydrogen-bond donors (Lipinski definition) is 2. The highest BCUT2D eigenvalue weighted by atomic mass is 32.1. The lowest BCUT2D eigenvalue weighted by Crippen LogP contribution is -2.28. The van der Waals surface area contributed by atoms with Crippen molar-refractivity contribution in [3.63, 3.8) is 0 Å². The molecule has 0 aliphatic rings. The molecule has 0 fully saturated rings. The van der Waals surface area contributed by atoms with E-state index >= 15 is 0 Å². The second-order valence-electron chi connectivity index (χ2n) is 5.57. The summed E-state index contributed by atoms with van der Waals surface area (Å²) in [5, 5.41) is 18.9. The Bertz CT molecular complexity index is 641. The highest BCUT2D eigenvalue weighted by Crippen LogP contribution is 2.30. The monoisotopic (exact) mass is 309 g/mol. The van der Waals surface area contributed by atoms with Crippen LogP contribution in [0.2, 0.25) is 0 Å². The number of aryl methyl sites for hydroxylation is 2. The number of carboxylic acids is 1. The van der Waals surface area contributed by atoms with Crippen LogP contribution in [-0.4, -0.2) is 21.2 Å². The van der Waals surface area contributed by atoms with Crippen LogP contribution in [0.5, 0.6) is 0 Å². The predicted molar refractivity (Wildman–Crippen MR) is 80.8 cm³/mol. The van der Waals surface area contributed by atoms with E-state index in [1.807, 2.05) is 20.8 Å². The van der Waals surface area contributed by atoms with Gasteiger partial charge in [0.15, 0.2) is 5.13 Å². The quantitative estimate of drug-likeness (QED) is 0.881. The fourth-order valence-corrected chi connectivity index (χ4v) is 3.07. The summed E-state index contributed by atoms with van der Waals surface area (Å²) >= 11 is 1.39. The van der Waals surface area contributed by atoms with Crippen LogP contribution < -0.4 is 5.32 Å². The van der Waals surface area contributed by atoms with Crippen LogP contribution in [0.1, 0.15) is 49.5 Å². The third-order valence-corrected chi connectivity index (χ3v) is 4.31. The van der Waals surface area contributed by atoms with Gasteiger partial charge < -0.3 is 14.9 Å². The molecule has 2 N–H and O–H groups in total. The van der Waals surface area contributed by atoms with Crippen molar-refractivity contribution in [2.45, 2.75) is 46.1 Å². The van der Waals surface area contributed by atoms with Gasteiger partial charge in [0, 0.05) is 10.9 Å². The molecule has 2 aromatic rings. The lowest BCUT2D eigenvalue weighted by atomic mass is 9.90. The predicted octanol–water partition coefficient (Wildman–Crippen LogP) is 3.28. The van der Waals surface area contributed by atoms with Gasteiger partial charge in [-0.15, -0.1) is 11.3 Å². The molecule has 6 nitrogen and oxygen atoms in total. The van der Waals surface area contributed by atoms with Crippen LogP contribution in [-0.2, 0) is 10.2 Å². The van der Waals surface area contributed by atoms with Crippen molar-refractivity contribution in [2.24, 2.45) is 0 Å². The second-order valence-corrected chi connectivity index (χ2v) is 6.43. The van der Waals surface area contributed by atoms with E-state index in [2.05, 4.69) is 15.5 Å². The van der Waals surface area contributed by atoms with Crippen LogP contribution in [0.25, 0.3) is 0 Å². The minimum Gasteiger partial charge on any atom is -0.481 e. The van der Waals surface area contributed by atoms with Crippen LogP contribution in [0.15, 0.2) is 9.90 Å². The first-order chi connectivity index (χ1) is 9.73. The highest BCUT2D eigenvalue weighted by Gasteiger charge is 2.32. The molecule has 0 spiro atoms. The summed E-state index contributed by atoms with van der Waals surface area (Å²) in [7, 11) is 0. The van der Waals surface area contributed by atoms with E-state index in [4.69, 9.17) is 4.52 Å². The van der Waals surface area contributed by atoms with Gasteiger partial charge in [0.05, 0.1) is 17.4 Å². The van der Waals surface area contributed by atoms with E-state index in [1.54, 1.807) is 19.2 Å². The smallest absolute Gasteiger partial charge is 0.315 e. The SMILES string of the molecule is Cc1noc(C)c1C(C)Nc1nc(C(C)(C)C(=O)O)cs1. The number of nitrogens with zero attached hydrogens (tertiary/aromatic N) is 2. The molecule has 0 bridgehead atoms. The standard InChI is InChI=1S/C14H19N3O3S/c1-7(11-8(2)17-20-9(11)3)15-13-16-10(6-21-13)14(4,5)12(18)19/h6-7H,1-5H3,(H,15,16)(H,18,19). The van der Waals surface area contributed by atoms with Crippen molar-refractivity contribution in [3.8, 4) is 0 Å². The third-order valence-electron chi connectivity index (χ3n) is 3.54. The van der Waals surface area contributed by atoms with E-state index in [-0.39, 0.29) is 6.04 Å². The second kappa shape index (κ2) is 5.48. The molecule has 0 aliphatic carbocycles. The van der Waals surface area contributed by atoms with Gasteiger partial charge in [-0.05, 0) is 34.6 Å². The largest absolute Gasteiger partial charge is 0.481 e. The molecule has 2 aromatic heterocycles. The number of carboxylic acid groups (broad SMARTS) is 1. The fourth-order valence-electron chi connectivity index (χ4n) is 2.10. The minimum absolute atomic E-state index is 0.0109. The molecule has 0 saturated carbocycles. The summed E-state index contributed by atoms with van der Waals surface area (Å²) in [5.41, 5.74) is 1.40. The number of aliphatic carboxylic acids is 1. The summed E-state index contributed by atoms with van der Waals surface area (Å²) in [6, 6.07) is -0.0109. The molecule has 0 radical (unpaired) electrons. The Kier molecular flexibility index (Phi) is 4.04. The summed E-state index contributed by atoms with van der Waals surface area (Å²) in [5.74, 6) is -0.117. The number of carbonyl (C=O) groups is 1. The first-order valence-electron chi connectivity index (χ1n) is 6.62. The van der Waals surface area contributed by atoms with Crippen molar-refractivity contribution in [3.05, 3.63) is 28.1 Å². The Morgan fingerprint density at radius 3 is 2.67 bits per heavy atom. The van der Waals surface area contributed by atoms with Gasteiger partial charge in [0.2, 0.25) is 0 Å². The summed E-state index contributed by atoms with van der Waals surface area (Å²) in [6.45, 7) is 9.05. The fraction of sp³-hybridized carbons (Fsp3) is 0.500. The number of aromatic nitrogens is 2. The minimum atomic E-state index is -0.997. The first kappa shape index (κ1) is 15.5. The Morgan fingerprint density at radius 1 is 1.48 bits per heavy atom. The summed E-state index contributed by atoms with van der Waals surface area (Å²) in [4.78, 5) is 15.6. The molecule has 0 aromatic carbocycles. The summed E-state index contributed by atoms with van der Waals surface area (Å²) < 4.78 is 5.16. The van der Waals surface area contributed by atoms with E-state index in [1.165, 1.54) is 11.3 Å². The van der Waals surface area contributed by atoms with Crippen molar-refractivity contribution in [2.75, 3.05) is 5.32 Å². The molecule has 1 atom stereocenters. The van der Waals surface area contributed by atoms with E-state index in [0.29, 0.717) is 10.8 Å². The maximum Gasteiger partial charge on any atom is 0.315 e. The number of anilines is 1. The molecule has 0 amide bonds. The molecule has 2 rings (SSSR count). The third kappa shape index (κ3) is 2.92. The Balaban J connectivity index is 2.19. The van der Waals surface area contributed by atoms with Crippen molar-refractivity contribution in [1.29, 1.82) is 0 Å². The molecular weight excluding hydrogens is 290 g/mol. The van der Waals surface area contributed by atoms with Crippen molar-refractivity contribution in [1.82, 2.24) is 10.1 Å². The molecule has 114 valence electrons. The Morgan fingerprint density at radius 2 is 2.14 bits per heavy atom. The van der Waals surface area contributed by atoms with Gasteiger partial charge in [0.25, 0.3) is 0 Å². The number of rotatable bonds is 5. The van der Waals surface area contributed by atoms with Crippen LogP contribution >= 0.6 is 11.3 Å². The normalized spacial score (nSPS) is 13.2.